The van der Waals surface area contributed by atoms with Crippen molar-refractivity contribution in [3.8, 4) is 0 Å². The van der Waals surface area contributed by atoms with E-state index in [-0.39, 0.29) is 24.0 Å². The molecule has 1 aromatic rings. The highest BCUT2D eigenvalue weighted by molar-refractivity contribution is 14.0. The maximum Gasteiger partial charge on any atom is 0.191 e. The van der Waals surface area contributed by atoms with Gasteiger partial charge in [0.25, 0.3) is 0 Å². The molecule has 5 nitrogen and oxygen atoms in total. The lowest BCUT2D eigenvalue weighted by atomic mass is 9.94. The van der Waals surface area contributed by atoms with Gasteiger partial charge in [-0.25, -0.2) is 0 Å². The van der Waals surface area contributed by atoms with Crippen LogP contribution in [0.1, 0.15) is 63.8 Å². The molecule has 0 bridgehead atoms. The van der Waals surface area contributed by atoms with E-state index in [1.165, 1.54) is 30.5 Å². The molecule has 0 radical (unpaired) electrons. The molecule has 0 spiro atoms. The fraction of sp³-hybridized carbons (Fsp3) is 0.700. The van der Waals surface area contributed by atoms with Crippen LogP contribution >= 0.6 is 24.0 Å². The lowest BCUT2D eigenvalue weighted by Gasteiger charge is -2.25. The van der Waals surface area contributed by atoms with Gasteiger partial charge in [0, 0.05) is 37.8 Å². The van der Waals surface area contributed by atoms with Gasteiger partial charge in [-0.1, -0.05) is 12.2 Å². The van der Waals surface area contributed by atoms with Gasteiger partial charge in [-0.05, 0) is 64.4 Å². The molecule has 2 N–H and O–H groups in total. The smallest absolute Gasteiger partial charge is 0.191 e. The Kier molecular flexibility index (Phi) is 8.44. The molecule has 2 aliphatic carbocycles. The Morgan fingerprint density at radius 1 is 1.35 bits per heavy atom. The number of hydrogen-bond donors (Lipinski definition) is 2. The number of hydrogen-bond acceptors (Lipinski definition) is 2. The largest absolute Gasteiger partial charge is 0.357 e. The highest BCUT2D eigenvalue weighted by atomic mass is 127. The molecule has 0 aliphatic heterocycles. The average molecular weight is 471 g/mol. The van der Waals surface area contributed by atoms with Gasteiger partial charge in [0.15, 0.2) is 5.96 Å². The summed E-state index contributed by atoms with van der Waals surface area (Å²) in [5.74, 6) is 1.66. The number of guanidine groups is 1. The van der Waals surface area contributed by atoms with Gasteiger partial charge < -0.3 is 10.6 Å². The molecule has 0 aromatic carbocycles. The highest BCUT2D eigenvalue weighted by Gasteiger charge is 2.23. The molecule has 1 heterocycles. The van der Waals surface area contributed by atoms with Crippen molar-refractivity contribution in [3.05, 3.63) is 29.6 Å². The van der Waals surface area contributed by atoms with E-state index in [1.807, 2.05) is 0 Å². The lowest BCUT2D eigenvalue weighted by Crippen LogP contribution is -2.46. The molecule has 0 fully saturated rings. The number of aromatic nitrogens is 2. The zero-order valence-corrected chi connectivity index (χ0v) is 18.7. The summed E-state index contributed by atoms with van der Waals surface area (Å²) in [5, 5.41) is 11.8. The van der Waals surface area contributed by atoms with E-state index < -0.39 is 0 Å². The van der Waals surface area contributed by atoms with E-state index in [4.69, 9.17) is 10.1 Å². The summed E-state index contributed by atoms with van der Waals surface area (Å²) >= 11 is 0. The predicted octanol–water partition coefficient (Wildman–Crippen LogP) is 3.85. The molecule has 26 heavy (non-hydrogen) atoms. The third-order valence-corrected chi connectivity index (χ3v) is 5.20. The van der Waals surface area contributed by atoms with E-state index in [9.17, 15) is 0 Å². The van der Waals surface area contributed by atoms with Crippen LogP contribution in [0, 0.1) is 5.92 Å². The van der Waals surface area contributed by atoms with Gasteiger partial charge in [-0.3, -0.25) is 9.67 Å². The van der Waals surface area contributed by atoms with E-state index >= 15 is 0 Å². The molecule has 1 aromatic heterocycles. The number of nitrogens with zero attached hydrogens (tertiary/aromatic N) is 3. The molecule has 2 unspecified atom stereocenters. The van der Waals surface area contributed by atoms with Gasteiger partial charge in [0.1, 0.15) is 0 Å². The summed E-state index contributed by atoms with van der Waals surface area (Å²) in [6.07, 6.45) is 13.7. The number of halogens is 1. The molecule has 0 saturated heterocycles. The average Bonchev–Trinajstić information content (AvgIpc) is 3.04. The first kappa shape index (κ1) is 21.3. The van der Waals surface area contributed by atoms with E-state index in [2.05, 4.69) is 54.4 Å². The summed E-state index contributed by atoms with van der Waals surface area (Å²) in [5.41, 5.74) is 2.67. The molecule has 3 rings (SSSR count). The second-order valence-corrected chi connectivity index (χ2v) is 7.63. The van der Waals surface area contributed by atoms with Crippen molar-refractivity contribution in [2.75, 3.05) is 13.1 Å². The minimum atomic E-state index is 0. The van der Waals surface area contributed by atoms with Crippen molar-refractivity contribution in [1.82, 2.24) is 20.4 Å². The maximum absolute atomic E-state index is 4.86. The Bertz CT molecular complexity index is 620. The van der Waals surface area contributed by atoms with Crippen LogP contribution in [-0.4, -0.2) is 34.9 Å². The Morgan fingerprint density at radius 3 is 2.88 bits per heavy atom. The van der Waals surface area contributed by atoms with E-state index in [0.29, 0.717) is 18.0 Å². The Labute approximate surface area is 175 Å². The van der Waals surface area contributed by atoms with Crippen LogP contribution < -0.4 is 10.6 Å². The minimum Gasteiger partial charge on any atom is -0.357 e. The third kappa shape index (κ3) is 5.72. The standard InChI is InChI=1S/C20H33N5.HI/c1-4-21-20(22-13-16-8-6-5-7-9-16)23-18-11-10-17-14-25(15(2)3)24-19(17)12-18;/h5-6,14-16,18H,4,7-13H2,1-3H3,(H2,21,22,23);1H. The van der Waals surface area contributed by atoms with Crippen molar-refractivity contribution < 1.29 is 0 Å². The number of allylic oxidation sites excluding steroid dienone is 2. The van der Waals surface area contributed by atoms with Gasteiger partial charge in [0.2, 0.25) is 0 Å². The van der Waals surface area contributed by atoms with Crippen LogP contribution in [0.4, 0.5) is 0 Å². The van der Waals surface area contributed by atoms with Crippen LogP contribution in [0.2, 0.25) is 0 Å². The summed E-state index contributed by atoms with van der Waals surface area (Å²) in [6, 6.07) is 0.854. The third-order valence-electron chi connectivity index (χ3n) is 5.20. The van der Waals surface area contributed by atoms with Crippen LogP contribution in [0.25, 0.3) is 0 Å². The summed E-state index contributed by atoms with van der Waals surface area (Å²) in [7, 11) is 0. The topological polar surface area (TPSA) is 54.2 Å². The minimum absolute atomic E-state index is 0. The summed E-state index contributed by atoms with van der Waals surface area (Å²) < 4.78 is 2.10. The van der Waals surface area contributed by atoms with Crippen molar-refractivity contribution in [2.45, 2.75) is 71.4 Å². The van der Waals surface area contributed by atoms with Crippen LogP contribution in [0.3, 0.4) is 0 Å². The van der Waals surface area contributed by atoms with Crippen LogP contribution in [0.15, 0.2) is 23.3 Å². The van der Waals surface area contributed by atoms with Crippen molar-refractivity contribution in [1.29, 1.82) is 0 Å². The zero-order chi connectivity index (χ0) is 17.6. The summed E-state index contributed by atoms with van der Waals surface area (Å²) in [4.78, 5) is 4.86. The number of rotatable bonds is 5. The summed E-state index contributed by atoms with van der Waals surface area (Å²) in [6.45, 7) is 8.31. The number of aryl methyl sites for hydroxylation is 1. The quantitative estimate of drug-likeness (QED) is 0.297. The monoisotopic (exact) mass is 471 g/mol. The second-order valence-electron chi connectivity index (χ2n) is 7.63. The molecular formula is C20H34IN5. The predicted molar refractivity (Wildman–Crippen MR) is 119 cm³/mol. The molecule has 146 valence electrons. The van der Waals surface area contributed by atoms with Gasteiger partial charge in [-0.2, -0.15) is 5.10 Å². The van der Waals surface area contributed by atoms with Gasteiger partial charge >= 0.3 is 0 Å². The fourth-order valence-corrected chi connectivity index (χ4v) is 3.66. The van der Waals surface area contributed by atoms with Crippen LogP contribution in [-0.2, 0) is 12.8 Å². The molecule has 2 atom stereocenters. The van der Waals surface area contributed by atoms with Crippen molar-refractivity contribution in [2.24, 2.45) is 10.9 Å². The maximum atomic E-state index is 4.86. The number of fused-ring (bicyclic) bond motifs is 1. The molecule has 0 amide bonds. The molecule has 0 saturated carbocycles. The number of aliphatic imine (C=N–C) groups is 1. The fourth-order valence-electron chi connectivity index (χ4n) is 3.66. The first-order valence-corrected chi connectivity index (χ1v) is 9.92. The Morgan fingerprint density at radius 2 is 2.19 bits per heavy atom. The normalized spacial score (nSPS) is 22.7. The zero-order valence-electron chi connectivity index (χ0n) is 16.4. The van der Waals surface area contributed by atoms with Gasteiger partial charge in [-0.15, -0.1) is 24.0 Å². The van der Waals surface area contributed by atoms with Crippen LogP contribution in [0.5, 0.6) is 0 Å². The highest BCUT2D eigenvalue weighted by Crippen LogP contribution is 2.22. The van der Waals surface area contributed by atoms with Crippen molar-refractivity contribution >= 4 is 29.9 Å². The van der Waals surface area contributed by atoms with E-state index in [1.54, 1.807) is 0 Å². The lowest BCUT2D eigenvalue weighted by molar-refractivity contribution is 0.482. The Balaban J connectivity index is 0.00000243. The SMILES string of the molecule is CCNC(=NCC1CC=CCC1)NC1CCc2cn(C(C)C)nc2C1.I. The molecular weight excluding hydrogens is 437 g/mol. The number of nitrogens with one attached hydrogen (secondary N) is 2. The first-order chi connectivity index (χ1) is 12.2. The van der Waals surface area contributed by atoms with Gasteiger partial charge in [0.05, 0.1) is 5.69 Å². The van der Waals surface area contributed by atoms with Crippen molar-refractivity contribution in [3.63, 3.8) is 0 Å². The molecule has 6 heteroatoms. The van der Waals surface area contributed by atoms with E-state index in [0.717, 1.165) is 38.3 Å². The Hall–Kier alpha value is -1.05. The second kappa shape index (κ2) is 10.3. The molecule has 2 aliphatic rings. The first-order valence-electron chi connectivity index (χ1n) is 9.92.